The monoisotopic (exact) mass is 283 g/mol. The second-order valence-electron chi connectivity index (χ2n) is 5.15. The van der Waals surface area contributed by atoms with E-state index in [2.05, 4.69) is 25.2 Å². The van der Waals surface area contributed by atoms with Crippen molar-refractivity contribution in [3.63, 3.8) is 0 Å². The molecule has 0 aromatic carbocycles. The quantitative estimate of drug-likeness (QED) is 0.911. The number of amides is 1. The number of anilines is 1. The fourth-order valence-electron chi connectivity index (χ4n) is 2.37. The van der Waals surface area contributed by atoms with Crippen molar-refractivity contribution in [1.29, 1.82) is 0 Å². The molecule has 0 aliphatic carbocycles. The summed E-state index contributed by atoms with van der Waals surface area (Å²) in [5.74, 6) is 1.67. The second kappa shape index (κ2) is 5.47. The first-order valence-electron chi connectivity index (χ1n) is 6.90. The molecule has 6 nitrogen and oxygen atoms in total. The van der Waals surface area contributed by atoms with E-state index in [1.54, 1.807) is 19.4 Å². The Hall–Kier alpha value is -2.50. The molecule has 1 fully saturated rings. The highest BCUT2D eigenvalue weighted by Crippen LogP contribution is 2.25. The molecule has 0 unspecified atom stereocenters. The molecule has 1 amide bonds. The van der Waals surface area contributed by atoms with E-state index >= 15 is 0 Å². The smallest absolute Gasteiger partial charge is 0.226 e. The molecular weight excluding hydrogens is 266 g/mol. The van der Waals surface area contributed by atoms with Gasteiger partial charge in [0.1, 0.15) is 5.82 Å². The van der Waals surface area contributed by atoms with Gasteiger partial charge in [-0.3, -0.25) is 9.78 Å². The van der Waals surface area contributed by atoms with Gasteiger partial charge in [0.05, 0.1) is 5.92 Å². The predicted octanol–water partition coefficient (Wildman–Crippen LogP) is 1.03. The molecule has 0 spiro atoms. The van der Waals surface area contributed by atoms with Gasteiger partial charge < -0.3 is 10.2 Å². The van der Waals surface area contributed by atoms with E-state index in [4.69, 9.17) is 0 Å². The van der Waals surface area contributed by atoms with E-state index in [-0.39, 0.29) is 11.8 Å². The lowest BCUT2D eigenvalue weighted by Gasteiger charge is -2.39. The van der Waals surface area contributed by atoms with E-state index in [1.807, 2.05) is 25.1 Å². The summed E-state index contributed by atoms with van der Waals surface area (Å²) in [5, 5.41) is 2.68. The number of pyridine rings is 1. The zero-order valence-electron chi connectivity index (χ0n) is 12.1. The molecule has 0 atom stereocenters. The fraction of sp³-hybridized carbons (Fsp3) is 0.333. The maximum absolute atomic E-state index is 11.5. The van der Waals surface area contributed by atoms with Gasteiger partial charge in [0, 0.05) is 49.9 Å². The summed E-state index contributed by atoms with van der Waals surface area (Å²) < 4.78 is 0. The Morgan fingerprint density at radius 1 is 1.38 bits per heavy atom. The van der Waals surface area contributed by atoms with Gasteiger partial charge in [-0.15, -0.1) is 0 Å². The van der Waals surface area contributed by atoms with Gasteiger partial charge in [-0.2, -0.15) is 0 Å². The summed E-state index contributed by atoms with van der Waals surface area (Å²) in [7, 11) is 1.67. The Labute approximate surface area is 123 Å². The van der Waals surface area contributed by atoms with Gasteiger partial charge in [-0.05, 0) is 19.1 Å². The van der Waals surface area contributed by atoms with Crippen LogP contribution in [0.5, 0.6) is 0 Å². The summed E-state index contributed by atoms with van der Waals surface area (Å²) >= 11 is 0. The number of hydrogen-bond donors (Lipinski definition) is 1. The molecule has 0 saturated carbocycles. The van der Waals surface area contributed by atoms with Gasteiger partial charge >= 0.3 is 0 Å². The van der Waals surface area contributed by atoms with Gasteiger partial charge in [-0.25, -0.2) is 9.97 Å². The van der Waals surface area contributed by atoms with E-state index in [0.29, 0.717) is 18.9 Å². The second-order valence-corrected chi connectivity index (χ2v) is 5.15. The highest BCUT2D eigenvalue weighted by molar-refractivity contribution is 5.81. The molecule has 1 N–H and O–H groups in total. The van der Waals surface area contributed by atoms with Crippen LogP contribution in [-0.4, -0.2) is 41.0 Å². The number of nitrogens with zero attached hydrogens (tertiary/aromatic N) is 4. The highest BCUT2D eigenvalue weighted by atomic mass is 16.1. The number of aryl methyl sites for hydroxylation is 1. The molecule has 1 saturated heterocycles. The highest BCUT2D eigenvalue weighted by Gasteiger charge is 2.33. The Morgan fingerprint density at radius 3 is 2.86 bits per heavy atom. The van der Waals surface area contributed by atoms with Crippen molar-refractivity contribution >= 4 is 11.7 Å². The third-order valence-electron chi connectivity index (χ3n) is 3.58. The van der Waals surface area contributed by atoms with Crippen LogP contribution in [0.25, 0.3) is 11.4 Å². The van der Waals surface area contributed by atoms with Crippen molar-refractivity contribution < 1.29 is 4.79 Å². The number of rotatable bonds is 3. The Bertz CT molecular complexity index is 652. The molecule has 6 heteroatoms. The molecule has 0 radical (unpaired) electrons. The van der Waals surface area contributed by atoms with Crippen molar-refractivity contribution in [2.45, 2.75) is 6.92 Å². The Kier molecular flexibility index (Phi) is 3.51. The van der Waals surface area contributed by atoms with Gasteiger partial charge in [0.15, 0.2) is 5.82 Å². The first-order valence-corrected chi connectivity index (χ1v) is 6.90. The molecular formula is C15H17N5O. The maximum Gasteiger partial charge on any atom is 0.226 e. The SMILES string of the molecule is CNC(=O)C1CN(c2cc(C)nc(-c3cccnc3)n2)C1. The summed E-state index contributed by atoms with van der Waals surface area (Å²) in [6.07, 6.45) is 3.48. The third kappa shape index (κ3) is 2.69. The van der Waals surface area contributed by atoms with E-state index < -0.39 is 0 Å². The standard InChI is InChI=1S/C15H17N5O/c1-10-6-13(20-8-12(9-20)15(21)16-2)19-14(18-10)11-4-3-5-17-7-11/h3-7,12H,8-9H2,1-2H3,(H,16,21). The Morgan fingerprint density at radius 2 is 2.19 bits per heavy atom. The maximum atomic E-state index is 11.5. The summed E-state index contributed by atoms with van der Waals surface area (Å²) in [5.41, 5.74) is 1.80. The number of aromatic nitrogens is 3. The van der Waals surface area contributed by atoms with Crippen LogP contribution in [0, 0.1) is 12.8 Å². The number of nitrogens with one attached hydrogen (secondary N) is 1. The zero-order chi connectivity index (χ0) is 14.8. The minimum absolute atomic E-state index is 0.0483. The van der Waals surface area contributed by atoms with Gasteiger partial charge in [-0.1, -0.05) is 0 Å². The number of hydrogen-bond acceptors (Lipinski definition) is 5. The molecule has 2 aromatic rings. The minimum Gasteiger partial charge on any atom is -0.359 e. The third-order valence-corrected chi connectivity index (χ3v) is 3.58. The van der Waals surface area contributed by atoms with E-state index in [9.17, 15) is 4.79 Å². The van der Waals surface area contributed by atoms with Crippen LogP contribution >= 0.6 is 0 Å². The number of carbonyl (C=O) groups is 1. The first-order chi connectivity index (χ1) is 10.2. The molecule has 108 valence electrons. The first kappa shape index (κ1) is 13.5. The lowest BCUT2D eigenvalue weighted by atomic mass is 9.99. The van der Waals surface area contributed by atoms with E-state index in [1.165, 1.54) is 0 Å². The van der Waals surface area contributed by atoms with Crippen molar-refractivity contribution in [3.8, 4) is 11.4 Å². The van der Waals surface area contributed by atoms with Gasteiger partial charge in [0.25, 0.3) is 0 Å². The van der Waals surface area contributed by atoms with Crippen LogP contribution in [0.15, 0.2) is 30.6 Å². The normalized spacial score (nSPS) is 14.7. The molecule has 3 heterocycles. The lowest BCUT2D eigenvalue weighted by Crippen LogP contribution is -2.53. The summed E-state index contributed by atoms with van der Waals surface area (Å²) in [4.78, 5) is 26.8. The largest absolute Gasteiger partial charge is 0.359 e. The van der Waals surface area contributed by atoms with Crippen LogP contribution in [0.4, 0.5) is 5.82 Å². The predicted molar refractivity (Wildman–Crippen MR) is 79.8 cm³/mol. The van der Waals surface area contributed by atoms with Crippen LogP contribution in [0.1, 0.15) is 5.69 Å². The Balaban J connectivity index is 1.82. The van der Waals surface area contributed by atoms with Crippen LogP contribution in [-0.2, 0) is 4.79 Å². The molecule has 21 heavy (non-hydrogen) atoms. The zero-order valence-corrected chi connectivity index (χ0v) is 12.1. The molecule has 0 bridgehead atoms. The summed E-state index contributed by atoms with van der Waals surface area (Å²) in [6, 6.07) is 5.75. The molecule has 1 aliphatic rings. The molecule has 3 rings (SSSR count). The van der Waals surface area contributed by atoms with Crippen LogP contribution in [0.3, 0.4) is 0 Å². The average Bonchev–Trinajstić information content (AvgIpc) is 2.46. The van der Waals surface area contributed by atoms with Crippen molar-refractivity contribution in [2.24, 2.45) is 5.92 Å². The molecule has 1 aliphatic heterocycles. The molecule has 2 aromatic heterocycles. The topological polar surface area (TPSA) is 71.0 Å². The van der Waals surface area contributed by atoms with Crippen molar-refractivity contribution in [2.75, 3.05) is 25.0 Å². The number of carbonyl (C=O) groups excluding carboxylic acids is 1. The summed E-state index contributed by atoms with van der Waals surface area (Å²) in [6.45, 7) is 3.34. The lowest BCUT2D eigenvalue weighted by molar-refractivity contribution is -0.125. The minimum atomic E-state index is 0.0483. The van der Waals surface area contributed by atoms with Crippen molar-refractivity contribution in [3.05, 3.63) is 36.3 Å². The van der Waals surface area contributed by atoms with Crippen LogP contribution in [0.2, 0.25) is 0 Å². The fourth-order valence-corrected chi connectivity index (χ4v) is 2.37. The van der Waals surface area contributed by atoms with Gasteiger partial charge in [0.2, 0.25) is 5.91 Å². The van der Waals surface area contributed by atoms with Crippen molar-refractivity contribution in [1.82, 2.24) is 20.3 Å². The average molecular weight is 283 g/mol. The van der Waals surface area contributed by atoms with Crippen LogP contribution < -0.4 is 10.2 Å². The van der Waals surface area contributed by atoms with E-state index in [0.717, 1.165) is 17.1 Å².